The van der Waals surface area contributed by atoms with Crippen LogP contribution in [0, 0.1) is 0 Å². The van der Waals surface area contributed by atoms with Gasteiger partial charge in [-0.15, -0.1) is 11.3 Å². The quantitative estimate of drug-likeness (QED) is 0.627. The number of benzene rings is 1. The minimum absolute atomic E-state index is 0.196. The average Bonchev–Trinajstić information content (AvgIpc) is 2.91. The van der Waals surface area contributed by atoms with Gasteiger partial charge in [0.1, 0.15) is 5.75 Å². The van der Waals surface area contributed by atoms with Crippen LogP contribution in [0.3, 0.4) is 0 Å². The van der Waals surface area contributed by atoms with Gasteiger partial charge >= 0.3 is 0 Å². The lowest BCUT2D eigenvalue weighted by atomic mass is 10.0. The SMILES string of the molecule is COc1ccc(Br)cc1CC(Cc1cccs1)NN. The number of hydrazine groups is 1. The van der Waals surface area contributed by atoms with Crippen LogP contribution in [0.5, 0.6) is 5.75 Å². The maximum atomic E-state index is 5.67. The zero-order chi connectivity index (χ0) is 13.7. The van der Waals surface area contributed by atoms with E-state index in [1.807, 2.05) is 12.1 Å². The molecule has 5 heteroatoms. The second-order valence-corrected chi connectivity index (χ2v) is 6.26. The van der Waals surface area contributed by atoms with E-state index in [0.717, 1.165) is 28.6 Å². The molecule has 0 saturated carbocycles. The van der Waals surface area contributed by atoms with Gasteiger partial charge in [-0.05, 0) is 48.1 Å². The van der Waals surface area contributed by atoms with E-state index >= 15 is 0 Å². The van der Waals surface area contributed by atoms with Crippen molar-refractivity contribution in [2.75, 3.05) is 7.11 Å². The van der Waals surface area contributed by atoms with Gasteiger partial charge in [-0.2, -0.15) is 0 Å². The van der Waals surface area contributed by atoms with Crippen LogP contribution in [0.25, 0.3) is 0 Å². The molecule has 0 spiro atoms. The normalized spacial score (nSPS) is 12.4. The molecule has 1 aromatic heterocycles. The predicted octanol–water partition coefficient (Wildman–Crippen LogP) is 3.14. The Morgan fingerprint density at radius 3 is 2.84 bits per heavy atom. The lowest BCUT2D eigenvalue weighted by Gasteiger charge is -2.17. The van der Waals surface area contributed by atoms with Gasteiger partial charge in [0.2, 0.25) is 0 Å². The Hall–Kier alpha value is -0.880. The van der Waals surface area contributed by atoms with E-state index in [1.54, 1.807) is 18.4 Å². The number of nitrogens with one attached hydrogen (secondary N) is 1. The molecular formula is C14H17BrN2OS. The molecule has 0 radical (unpaired) electrons. The molecule has 2 aromatic rings. The summed E-state index contributed by atoms with van der Waals surface area (Å²) < 4.78 is 6.45. The third-order valence-electron chi connectivity index (χ3n) is 2.97. The van der Waals surface area contributed by atoms with Crippen molar-refractivity contribution in [1.82, 2.24) is 5.43 Å². The standard InChI is InChI=1S/C14H17BrN2OS/c1-18-14-5-4-11(15)7-10(14)8-12(17-16)9-13-3-2-6-19-13/h2-7,12,17H,8-9,16H2,1H3. The Balaban J connectivity index is 2.11. The minimum atomic E-state index is 0.196. The summed E-state index contributed by atoms with van der Waals surface area (Å²) in [4.78, 5) is 1.33. The van der Waals surface area contributed by atoms with Crippen LogP contribution < -0.4 is 16.0 Å². The topological polar surface area (TPSA) is 47.3 Å². The van der Waals surface area contributed by atoms with Gasteiger partial charge in [-0.1, -0.05) is 22.0 Å². The summed E-state index contributed by atoms with van der Waals surface area (Å²) in [5.41, 5.74) is 4.04. The first-order valence-corrected chi connectivity index (χ1v) is 7.71. The molecule has 0 aliphatic carbocycles. The summed E-state index contributed by atoms with van der Waals surface area (Å²) in [6.45, 7) is 0. The highest BCUT2D eigenvalue weighted by Crippen LogP contribution is 2.25. The first kappa shape index (κ1) is 14.5. The lowest BCUT2D eigenvalue weighted by Crippen LogP contribution is -2.38. The van der Waals surface area contributed by atoms with Crippen LogP contribution in [-0.2, 0) is 12.8 Å². The third kappa shape index (κ3) is 4.04. The minimum Gasteiger partial charge on any atom is -0.496 e. The molecule has 19 heavy (non-hydrogen) atoms. The monoisotopic (exact) mass is 340 g/mol. The van der Waals surface area contributed by atoms with Crippen molar-refractivity contribution in [1.29, 1.82) is 0 Å². The zero-order valence-electron chi connectivity index (χ0n) is 10.7. The number of hydrogen-bond acceptors (Lipinski definition) is 4. The number of methoxy groups -OCH3 is 1. The molecule has 1 aromatic carbocycles. The van der Waals surface area contributed by atoms with E-state index in [9.17, 15) is 0 Å². The smallest absolute Gasteiger partial charge is 0.122 e. The molecule has 0 amide bonds. The molecule has 0 aliphatic rings. The van der Waals surface area contributed by atoms with E-state index in [0.29, 0.717) is 0 Å². The Bertz CT molecular complexity index is 516. The van der Waals surface area contributed by atoms with Crippen LogP contribution in [0.15, 0.2) is 40.2 Å². The summed E-state index contributed by atoms with van der Waals surface area (Å²) >= 11 is 5.25. The first-order chi connectivity index (χ1) is 9.22. The fraction of sp³-hybridized carbons (Fsp3) is 0.286. The van der Waals surface area contributed by atoms with Crippen LogP contribution >= 0.6 is 27.3 Å². The van der Waals surface area contributed by atoms with Gasteiger partial charge in [0.25, 0.3) is 0 Å². The summed E-state index contributed by atoms with van der Waals surface area (Å²) in [5, 5.41) is 2.09. The number of rotatable bonds is 6. The van der Waals surface area contributed by atoms with Crippen molar-refractivity contribution in [2.24, 2.45) is 5.84 Å². The highest BCUT2D eigenvalue weighted by Gasteiger charge is 2.13. The van der Waals surface area contributed by atoms with E-state index in [4.69, 9.17) is 10.6 Å². The molecule has 1 atom stereocenters. The molecule has 2 rings (SSSR count). The summed E-state index contributed by atoms with van der Waals surface area (Å²) in [6, 6.07) is 10.4. The maximum absolute atomic E-state index is 5.67. The summed E-state index contributed by atoms with van der Waals surface area (Å²) in [7, 11) is 1.69. The number of nitrogens with two attached hydrogens (primary N) is 1. The Labute approximate surface area is 125 Å². The molecule has 3 N–H and O–H groups in total. The fourth-order valence-electron chi connectivity index (χ4n) is 2.03. The van der Waals surface area contributed by atoms with Crippen molar-refractivity contribution in [3.05, 3.63) is 50.6 Å². The van der Waals surface area contributed by atoms with Gasteiger partial charge in [0.05, 0.1) is 7.11 Å². The highest BCUT2D eigenvalue weighted by atomic mass is 79.9. The Morgan fingerprint density at radius 2 is 2.21 bits per heavy atom. The molecule has 1 unspecified atom stereocenters. The van der Waals surface area contributed by atoms with E-state index in [-0.39, 0.29) is 6.04 Å². The number of ether oxygens (including phenoxy) is 1. The van der Waals surface area contributed by atoms with Crippen molar-refractivity contribution in [2.45, 2.75) is 18.9 Å². The molecule has 0 aliphatic heterocycles. The maximum Gasteiger partial charge on any atom is 0.122 e. The van der Waals surface area contributed by atoms with Gasteiger partial charge in [0.15, 0.2) is 0 Å². The largest absolute Gasteiger partial charge is 0.496 e. The second kappa shape index (κ2) is 7.05. The predicted molar refractivity (Wildman–Crippen MR) is 83.5 cm³/mol. The number of halogens is 1. The lowest BCUT2D eigenvalue weighted by molar-refractivity contribution is 0.404. The third-order valence-corrected chi connectivity index (χ3v) is 4.36. The second-order valence-electron chi connectivity index (χ2n) is 4.31. The van der Waals surface area contributed by atoms with Gasteiger partial charge in [0, 0.05) is 15.4 Å². The van der Waals surface area contributed by atoms with Gasteiger partial charge in [-0.3, -0.25) is 11.3 Å². The Kier molecular flexibility index (Phi) is 5.39. The molecule has 0 saturated heterocycles. The molecule has 1 heterocycles. The number of hydrogen-bond donors (Lipinski definition) is 2. The van der Waals surface area contributed by atoms with Gasteiger partial charge in [-0.25, -0.2) is 0 Å². The van der Waals surface area contributed by atoms with Crippen molar-refractivity contribution < 1.29 is 4.74 Å². The van der Waals surface area contributed by atoms with E-state index in [2.05, 4.69) is 44.9 Å². The van der Waals surface area contributed by atoms with E-state index in [1.165, 1.54) is 4.88 Å². The highest BCUT2D eigenvalue weighted by molar-refractivity contribution is 9.10. The average molecular weight is 341 g/mol. The van der Waals surface area contributed by atoms with Crippen LogP contribution in [0.1, 0.15) is 10.4 Å². The molecule has 102 valence electrons. The van der Waals surface area contributed by atoms with E-state index < -0.39 is 0 Å². The van der Waals surface area contributed by atoms with Crippen molar-refractivity contribution in [3.8, 4) is 5.75 Å². The van der Waals surface area contributed by atoms with Gasteiger partial charge < -0.3 is 4.74 Å². The molecule has 3 nitrogen and oxygen atoms in total. The molecular weight excluding hydrogens is 324 g/mol. The molecule has 0 bridgehead atoms. The summed E-state index contributed by atoms with van der Waals surface area (Å²) in [6.07, 6.45) is 1.75. The summed E-state index contributed by atoms with van der Waals surface area (Å²) in [5.74, 6) is 6.57. The van der Waals surface area contributed by atoms with Crippen LogP contribution in [0.4, 0.5) is 0 Å². The Morgan fingerprint density at radius 1 is 1.37 bits per heavy atom. The van der Waals surface area contributed by atoms with Crippen LogP contribution in [-0.4, -0.2) is 13.2 Å². The van der Waals surface area contributed by atoms with Crippen LogP contribution in [0.2, 0.25) is 0 Å². The number of thiophene rings is 1. The molecule has 0 fully saturated rings. The van der Waals surface area contributed by atoms with Crippen molar-refractivity contribution >= 4 is 27.3 Å². The van der Waals surface area contributed by atoms with Crippen molar-refractivity contribution in [3.63, 3.8) is 0 Å². The zero-order valence-corrected chi connectivity index (χ0v) is 13.1. The fourth-order valence-corrected chi connectivity index (χ4v) is 3.23. The first-order valence-electron chi connectivity index (χ1n) is 6.04.